The Morgan fingerprint density at radius 2 is 2.06 bits per heavy atom. The van der Waals surface area contributed by atoms with Crippen LogP contribution in [0, 0.1) is 5.82 Å². The van der Waals surface area contributed by atoms with E-state index in [9.17, 15) is 9.18 Å². The number of fused-ring (bicyclic) bond motifs is 1. The predicted octanol–water partition coefficient (Wildman–Crippen LogP) is 0.680. The maximum atomic E-state index is 13.6. The Labute approximate surface area is 103 Å². The molecule has 1 saturated heterocycles. The number of aryl methyl sites for hydroxylation is 1. The van der Waals surface area contributed by atoms with Crippen molar-refractivity contribution in [3.8, 4) is 0 Å². The van der Waals surface area contributed by atoms with Gasteiger partial charge in [-0.15, -0.1) is 0 Å². The van der Waals surface area contributed by atoms with E-state index in [2.05, 4.69) is 5.32 Å². The maximum absolute atomic E-state index is 13.6. The zero-order valence-electron chi connectivity index (χ0n) is 10.1. The van der Waals surface area contributed by atoms with Gasteiger partial charge in [-0.1, -0.05) is 0 Å². The highest BCUT2D eigenvalue weighted by molar-refractivity contribution is 5.87. The number of anilines is 1. The molecule has 1 fully saturated rings. The molecule has 1 N–H and O–H groups in total. The number of piperazine rings is 1. The summed E-state index contributed by atoms with van der Waals surface area (Å²) in [5.74, 6) is -0.820. The number of aromatic nitrogens is 1. The molecular weight excluding hydrogens is 237 g/mol. The zero-order valence-corrected chi connectivity index (χ0v) is 10.1. The first kappa shape index (κ1) is 11.3. The van der Waals surface area contributed by atoms with Crippen molar-refractivity contribution in [1.29, 1.82) is 0 Å². The highest BCUT2D eigenvalue weighted by atomic mass is 19.1. The lowest BCUT2D eigenvalue weighted by molar-refractivity contribution is 0.524. The van der Waals surface area contributed by atoms with Crippen LogP contribution in [-0.2, 0) is 7.05 Å². The van der Waals surface area contributed by atoms with E-state index in [-0.39, 0.29) is 5.82 Å². The monoisotopic (exact) mass is 251 g/mol. The third kappa shape index (κ3) is 1.69. The lowest BCUT2D eigenvalue weighted by Crippen LogP contribution is -2.43. The molecule has 1 aliphatic heterocycles. The first-order valence-corrected chi connectivity index (χ1v) is 5.91. The van der Waals surface area contributed by atoms with Gasteiger partial charge in [-0.25, -0.2) is 9.18 Å². The van der Waals surface area contributed by atoms with Crippen LogP contribution in [0.5, 0.6) is 0 Å². The number of oxazole rings is 1. The van der Waals surface area contributed by atoms with Crippen molar-refractivity contribution >= 4 is 16.8 Å². The molecule has 1 aromatic carbocycles. The van der Waals surface area contributed by atoms with Crippen molar-refractivity contribution in [2.24, 2.45) is 7.05 Å². The third-order valence-corrected chi connectivity index (χ3v) is 3.30. The second kappa shape index (κ2) is 4.13. The van der Waals surface area contributed by atoms with Gasteiger partial charge in [-0.3, -0.25) is 4.57 Å². The maximum Gasteiger partial charge on any atom is 0.419 e. The number of nitrogens with zero attached hydrogens (tertiary/aromatic N) is 2. The summed E-state index contributed by atoms with van der Waals surface area (Å²) in [6, 6.07) is 2.75. The van der Waals surface area contributed by atoms with Crippen molar-refractivity contribution in [1.82, 2.24) is 9.88 Å². The van der Waals surface area contributed by atoms with Crippen molar-refractivity contribution in [3.05, 3.63) is 28.5 Å². The van der Waals surface area contributed by atoms with Crippen molar-refractivity contribution in [3.63, 3.8) is 0 Å². The van der Waals surface area contributed by atoms with Gasteiger partial charge in [-0.05, 0) is 0 Å². The molecule has 96 valence electrons. The van der Waals surface area contributed by atoms with Crippen molar-refractivity contribution in [2.45, 2.75) is 0 Å². The fourth-order valence-corrected chi connectivity index (χ4v) is 2.31. The molecule has 0 atom stereocenters. The molecule has 0 amide bonds. The molecule has 2 heterocycles. The van der Waals surface area contributed by atoms with E-state index in [0.717, 1.165) is 26.2 Å². The van der Waals surface area contributed by atoms with Crippen molar-refractivity contribution in [2.75, 3.05) is 31.1 Å². The number of nitrogens with one attached hydrogen (secondary N) is 1. The lowest BCUT2D eigenvalue weighted by atomic mass is 10.2. The summed E-state index contributed by atoms with van der Waals surface area (Å²) in [4.78, 5) is 13.6. The standard InChI is InChI=1S/C12H14FN3O2/c1-15-9-6-8(13)7-10(11(9)18-12(15)17)16-4-2-14-3-5-16/h6-7,14H,2-5H2,1H3. The molecule has 0 saturated carbocycles. The van der Waals surface area contributed by atoms with Crippen LogP contribution in [0.3, 0.4) is 0 Å². The van der Waals surface area contributed by atoms with Crippen LogP contribution in [0.15, 0.2) is 21.3 Å². The number of halogens is 1. The van der Waals surface area contributed by atoms with Gasteiger partial charge in [0.15, 0.2) is 5.58 Å². The smallest absolute Gasteiger partial charge is 0.405 e. The minimum absolute atomic E-state index is 0.354. The van der Waals surface area contributed by atoms with E-state index in [1.165, 1.54) is 16.7 Å². The zero-order chi connectivity index (χ0) is 12.7. The Kier molecular flexibility index (Phi) is 2.59. The Hall–Kier alpha value is -1.82. The average molecular weight is 251 g/mol. The minimum atomic E-state index is -0.466. The van der Waals surface area contributed by atoms with Crippen LogP contribution in [0.4, 0.5) is 10.1 Å². The number of hydrogen-bond acceptors (Lipinski definition) is 4. The van der Waals surface area contributed by atoms with Gasteiger partial charge in [0.25, 0.3) is 0 Å². The summed E-state index contributed by atoms with van der Waals surface area (Å²) in [6.45, 7) is 3.23. The van der Waals surface area contributed by atoms with E-state index < -0.39 is 5.76 Å². The lowest BCUT2D eigenvalue weighted by Gasteiger charge is -2.29. The van der Waals surface area contributed by atoms with Crippen LogP contribution < -0.4 is 16.0 Å². The normalized spacial score (nSPS) is 16.4. The van der Waals surface area contributed by atoms with E-state index >= 15 is 0 Å². The van der Waals surface area contributed by atoms with Gasteiger partial charge in [0.2, 0.25) is 0 Å². The molecule has 0 bridgehead atoms. The Morgan fingerprint density at radius 1 is 1.33 bits per heavy atom. The van der Waals surface area contributed by atoms with Gasteiger partial charge < -0.3 is 14.6 Å². The van der Waals surface area contributed by atoms with Crippen LogP contribution >= 0.6 is 0 Å². The fourth-order valence-electron chi connectivity index (χ4n) is 2.31. The van der Waals surface area contributed by atoms with Gasteiger partial charge in [0.05, 0.1) is 11.2 Å². The Balaban J connectivity index is 2.21. The minimum Gasteiger partial charge on any atom is -0.405 e. The SMILES string of the molecule is Cn1c(=O)oc2c(N3CCNCC3)cc(F)cc21. The first-order valence-electron chi connectivity index (χ1n) is 5.91. The van der Waals surface area contributed by atoms with E-state index in [0.29, 0.717) is 16.8 Å². The largest absolute Gasteiger partial charge is 0.419 e. The molecule has 18 heavy (non-hydrogen) atoms. The summed E-state index contributed by atoms with van der Waals surface area (Å²) >= 11 is 0. The highest BCUT2D eigenvalue weighted by Crippen LogP contribution is 2.27. The van der Waals surface area contributed by atoms with Crippen LogP contribution in [0.1, 0.15) is 0 Å². The summed E-state index contributed by atoms with van der Waals surface area (Å²) in [7, 11) is 1.58. The molecule has 0 radical (unpaired) electrons. The Morgan fingerprint density at radius 3 is 2.78 bits per heavy atom. The van der Waals surface area contributed by atoms with Gasteiger partial charge >= 0.3 is 5.76 Å². The van der Waals surface area contributed by atoms with Gasteiger partial charge in [0.1, 0.15) is 5.82 Å². The number of benzene rings is 1. The van der Waals surface area contributed by atoms with Gasteiger partial charge in [-0.2, -0.15) is 0 Å². The van der Waals surface area contributed by atoms with Crippen molar-refractivity contribution < 1.29 is 8.81 Å². The summed E-state index contributed by atoms with van der Waals surface area (Å²) in [6.07, 6.45) is 0. The molecule has 2 aromatic rings. The molecule has 6 heteroatoms. The second-order valence-electron chi connectivity index (χ2n) is 4.44. The quantitative estimate of drug-likeness (QED) is 0.809. The van der Waals surface area contributed by atoms with E-state index in [1.54, 1.807) is 7.05 Å². The molecule has 1 aromatic heterocycles. The molecule has 0 aliphatic carbocycles. The van der Waals surface area contributed by atoms with Gasteiger partial charge in [0, 0.05) is 45.4 Å². The molecule has 3 rings (SSSR count). The van der Waals surface area contributed by atoms with E-state index in [1.807, 2.05) is 4.90 Å². The second-order valence-corrected chi connectivity index (χ2v) is 4.44. The number of rotatable bonds is 1. The third-order valence-electron chi connectivity index (χ3n) is 3.30. The highest BCUT2D eigenvalue weighted by Gasteiger charge is 2.19. The molecule has 0 unspecified atom stereocenters. The molecule has 0 spiro atoms. The summed E-state index contributed by atoms with van der Waals surface area (Å²) in [5.41, 5.74) is 1.61. The van der Waals surface area contributed by atoms with E-state index in [4.69, 9.17) is 4.42 Å². The van der Waals surface area contributed by atoms with Crippen LogP contribution in [0.2, 0.25) is 0 Å². The summed E-state index contributed by atoms with van der Waals surface area (Å²) < 4.78 is 20.2. The first-order chi connectivity index (χ1) is 8.66. The average Bonchev–Trinajstić information content (AvgIpc) is 2.66. The Bertz CT molecular complexity index is 641. The predicted molar refractivity (Wildman–Crippen MR) is 66.5 cm³/mol. The fraction of sp³-hybridized carbons (Fsp3) is 0.417. The topological polar surface area (TPSA) is 50.4 Å². The summed E-state index contributed by atoms with van der Waals surface area (Å²) in [5, 5.41) is 3.23. The molecule has 5 nitrogen and oxygen atoms in total. The molecular formula is C12H14FN3O2. The molecule has 1 aliphatic rings. The van der Waals surface area contributed by atoms with Crippen LogP contribution in [0.25, 0.3) is 11.1 Å². The number of hydrogen-bond donors (Lipinski definition) is 1. The van der Waals surface area contributed by atoms with Crippen LogP contribution in [-0.4, -0.2) is 30.7 Å².